The predicted molar refractivity (Wildman–Crippen MR) is 112 cm³/mol. The number of carbonyl (C=O) groups is 1. The summed E-state index contributed by atoms with van der Waals surface area (Å²) in [5.74, 6) is -0.334. The van der Waals surface area contributed by atoms with Gasteiger partial charge in [-0.25, -0.2) is 4.68 Å². The first-order valence-corrected chi connectivity index (χ1v) is 9.52. The van der Waals surface area contributed by atoms with Crippen molar-refractivity contribution in [2.45, 2.75) is 6.54 Å². The number of aromatic nitrogens is 4. The van der Waals surface area contributed by atoms with Gasteiger partial charge in [0.05, 0.1) is 5.69 Å². The Morgan fingerprint density at radius 1 is 0.966 bits per heavy atom. The maximum Gasteiger partial charge on any atom is 0.274 e. The monoisotopic (exact) mass is 423 g/mol. The van der Waals surface area contributed by atoms with Gasteiger partial charge in [-0.15, -0.1) is 5.10 Å². The molecule has 0 fully saturated rings. The van der Waals surface area contributed by atoms with Gasteiger partial charge < -0.3 is 5.32 Å². The van der Waals surface area contributed by atoms with Crippen LogP contribution >= 0.6 is 23.2 Å². The molecule has 0 radical (unpaired) electrons. The number of carbonyl (C=O) groups excluding carboxylic acids is 1. The van der Waals surface area contributed by atoms with Crippen LogP contribution in [0.1, 0.15) is 16.1 Å². The molecule has 0 aliphatic carbocycles. The Kier molecular flexibility index (Phi) is 5.55. The molecule has 0 atom stereocenters. The first-order valence-electron chi connectivity index (χ1n) is 8.76. The van der Waals surface area contributed by atoms with Gasteiger partial charge in [0.15, 0.2) is 5.69 Å². The molecule has 0 unspecified atom stereocenters. The molecule has 4 rings (SSSR count). The molecule has 2 heterocycles. The largest absolute Gasteiger partial charge is 0.346 e. The third kappa shape index (κ3) is 4.29. The Morgan fingerprint density at radius 3 is 2.31 bits per heavy atom. The van der Waals surface area contributed by atoms with Crippen LogP contribution in [0.2, 0.25) is 10.0 Å². The van der Waals surface area contributed by atoms with Gasteiger partial charge in [-0.2, -0.15) is 0 Å². The highest BCUT2D eigenvalue weighted by atomic mass is 35.5. The zero-order valence-corrected chi connectivity index (χ0v) is 16.6. The number of halogens is 2. The first-order chi connectivity index (χ1) is 14.1. The molecule has 0 bridgehead atoms. The molecule has 4 aromatic rings. The summed E-state index contributed by atoms with van der Waals surface area (Å²) in [5, 5.41) is 12.5. The Balaban J connectivity index is 1.68. The van der Waals surface area contributed by atoms with Gasteiger partial charge in [0.1, 0.15) is 5.69 Å². The van der Waals surface area contributed by atoms with E-state index in [1.807, 2.05) is 30.3 Å². The minimum atomic E-state index is -0.334. The molecule has 1 amide bonds. The van der Waals surface area contributed by atoms with Gasteiger partial charge in [0, 0.05) is 34.5 Å². The lowest BCUT2D eigenvalue weighted by Crippen LogP contribution is -2.24. The predicted octanol–water partition coefficient (Wildman–Crippen LogP) is 4.57. The van der Waals surface area contributed by atoms with Gasteiger partial charge in [-0.1, -0.05) is 40.5 Å². The lowest BCUT2D eigenvalue weighted by molar-refractivity contribution is 0.0946. The molecule has 2 aromatic carbocycles. The van der Waals surface area contributed by atoms with Crippen molar-refractivity contribution in [3.05, 3.63) is 94.4 Å². The van der Waals surface area contributed by atoms with E-state index in [4.69, 9.17) is 23.2 Å². The number of rotatable bonds is 5. The second kappa shape index (κ2) is 8.43. The van der Waals surface area contributed by atoms with Crippen molar-refractivity contribution in [3.63, 3.8) is 0 Å². The lowest BCUT2D eigenvalue weighted by atomic mass is 10.1. The zero-order valence-electron chi connectivity index (χ0n) is 15.1. The zero-order chi connectivity index (χ0) is 20.2. The van der Waals surface area contributed by atoms with E-state index in [0.717, 1.165) is 16.8 Å². The summed E-state index contributed by atoms with van der Waals surface area (Å²) in [5.41, 5.74) is 3.15. The minimum absolute atomic E-state index is 0.210. The Morgan fingerprint density at radius 2 is 1.66 bits per heavy atom. The molecule has 0 saturated heterocycles. The average molecular weight is 424 g/mol. The van der Waals surface area contributed by atoms with Crippen molar-refractivity contribution in [2.24, 2.45) is 0 Å². The fourth-order valence-electron chi connectivity index (χ4n) is 2.83. The summed E-state index contributed by atoms with van der Waals surface area (Å²) < 4.78 is 1.60. The SMILES string of the molecule is O=C(NCc1ccc(Cl)cc1)c1nnn(-c2ccc(Cl)cc2)c1-c1cccnc1. The number of nitrogens with zero attached hydrogens (tertiary/aromatic N) is 4. The number of hydrogen-bond acceptors (Lipinski definition) is 4. The highest BCUT2D eigenvalue weighted by Gasteiger charge is 2.22. The molecule has 0 spiro atoms. The van der Waals surface area contributed by atoms with E-state index in [1.165, 1.54) is 0 Å². The highest BCUT2D eigenvalue weighted by molar-refractivity contribution is 6.30. The third-order valence-corrected chi connectivity index (χ3v) is 4.76. The average Bonchev–Trinajstić information content (AvgIpc) is 3.19. The summed E-state index contributed by atoms with van der Waals surface area (Å²) in [4.78, 5) is 17.0. The van der Waals surface area contributed by atoms with E-state index in [0.29, 0.717) is 22.3 Å². The van der Waals surface area contributed by atoms with Crippen LogP contribution in [0.4, 0.5) is 0 Å². The summed E-state index contributed by atoms with van der Waals surface area (Å²) in [6.07, 6.45) is 3.33. The molecule has 6 nitrogen and oxygen atoms in total. The molecule has 8 heteroatoms. The summed E-state index contributed by atoms with van der Waals surface area (Å²) in [7, 11) is 0. The molecule has 2 aromatic heterocycles. The number of nitrogens with one attached hydrogen (secondary N) is 1. The van der Waals surface area contributed by atoms with Gasteiger partial charge in [0.25, 0.3) is 5.91 Å². The number of benzene rings is 2. The van der Waals surface area contributed by atoms with E-state index in [9.17, 15) is 4.79 Å². The second-order valence-corrected chi connectivity index (χ2v) is 7.10. The normalized spacial score (nSPS) is 10.7. The van der Waals surface area contributed by atoms with Crippen molar-refractivity contribution in [3.8, 4) is 16.9 Å². The molecule has 144 valence electrons. The van der Waals surface area contributed by atoms with Crippen molar-refractivity contribution < 1.29 is 4.79 Å². The second-order valence-electron chi connectivity index (χ2n) is 6.23. The van der Waals surface area contributed by atoms with E-state index in [2.05, 4.69) is 20.6 Å². The number of hydrogen-bond donors (Lipinski definition) is 1. The Hall–Kier alpha value is -3.22. The van der Waals surface area contributed by atoms with E-state index in [-0.39, 0.29) is 11.6 Å². The van der Waals surface area contributed by atoms with E-state index >= 15 is 0 Å². The third-order valence-electron chi connectivity index (χ3n) is 4.26. The van der Waals surface area contributed by atoms with Crippen LogP contribution in [0, 0.1) is 0 Å². The lowest BCUT2D eigenvalue weighted by Gasteiger charge is -2.09. The molecular weight excluding hydrogens is 409 g/mol. The first kappa shape index (κ1) is 19.1. The van der Waals surface area contributed by atoms with Crippen LogP contribution in [-0.2, 0) is 6.54 Å². The molecular formula is C21H15Cl2N5O. The fourth-order valence-corrected chi connectivity index (χ4v) is 3.08. The quantitative estimate of drug-likeness (QED) is 0.510. The smallest absolute Gasteiger partial charge is 0.274 e. The van der Waals surface area contributed by atoms with Gasteiger partial charge >= 0.3 is 0 Å². The fraction of sp³-hybridized carbons (Fsp3) is 0.0476. The van der Waals surface area contributed by atoms with E-state index in [1.54, 1.807) is 47.4 Å². The summed E-state index contributed by atoms with van der Waals surface area (Å²) in [6.45, 7) is 0.344. The topological polar surface area (TPSA) is 72.7 Å². The summed E-state index contributed by atoms with van der Waals surface area (Å²) in [6, 6.07) is 18.1. The molecule has 1 N–H and O–H groups in total. The van der Waals surface area contributed by atoms with Gasteiger partial charge in [0.2, 0.25) is 0 Å². The van der Waals surface area contributed by atoms with Crippen LogP contribution < -0.4 is 5.32 Å². The van der Waals surface area contributed by atoms with E-state index < -0.39 is 0 Å². The van der Waals surface area contributed by atoms with Crippen molar-refractivity contribution in [1.29, 1.82) is 0 Å². The van der Waals surface area contributed by atoms with Crippen LogP contribution in [-0.4, -0.2) is 25.9 Å². The number of pyridine rings is 1. The van der Waals surface area contributed by atoms with Crippen molar-refractivity contribution in [2.75, 3.05) is 0 Å². The van der Waals surface area contributed by atoms with Crippen LogP contribution in [0.3, 0.4) is 0 Å². The Labute approximate surface area is 177 Å². The molecule has 0 aliphatic heterocycles. The van der Waals surface area contributed by atoms with Crippen LogP contribution in [0.5, 0.6) is 0 Å². The van der Waals surface area contributed by atoms with Gasteiger partial charge in [-0.3, -0.25) is 9.78 Å². The molecule has 0 aliphatic rings. The van der Waals surface area contributed by atoms with Gasteiger partial charge in [-0.05, 0) is 54.1 Å². The standard InChI is InChI=1S/C21H15Cl2N5O/c22-16-5-3-14(4-6-16)12-25-21(29)19-20(15-2-1-11-24-13-15)28(27-26-19)18-9-7-17(23)8-10-18/h1-11,13H,12H2,(H,25,29). The Bertz CT molecular complexity index is 1130. The maximum absolute atomic E-state index is 12.9. The highest BCUT2D eigenvalue weighted by Crippen LogP contribution is 2.25. The van der Waals surface area contributed by atoms with Crippen molar-refractivity contribution in [1.82, 2.24) is 25.3 Å². The molecule has 0 saturated carbocycles. The van der Waals surface area contributed by atoms with Crippen LogP contribution in [0.15, 0.2) is 73.1 Å². The number of amides is 1. The van der Waals surface area contributed by atoms with Crippen LogP contribution in [0.25, 0.3) is 16.9 Å². The molecule has 29 heavy (non-hydrogen) atoms. The van der Waals surface area contributed by atoms with Crippen molar-refractivity contribution >= 4 is 29.1 Å². The summed E-state index contributed by atoms with van der Waals surface area (Å²) >= 11 is 11.9. The minimum Gasteiger partial charge on any atom is -0.346 e. The maximum atomic E-state index is 12.9.